The summed E-state index contributed by atoms with van der Waals surface area (Å²) in [6.45, 7) is 4.85. The molecule has 3 rings (SSSR count). The van der Waals surface area contributed by atoms with Gasteiger partial charge in [0.05, 0.1) is 23.8 Å². The number of hydrogen-bond acceptors (Lipinski definition) is 5. The van der Waals surface area contributed by atoms with Crippen molar-refractivity contribution in [3.05, 3.63) is 42.0 Å². The molecule has 1 aliphatic rings. The van der Waals surface area contributed by atoms with Gasteiger partial charge in [0.2, 0.25) is 0 Å². The number of carbonyl (C=O) groups excluding carboxylic acids is 1. The fourth-order valence-electron chi connectivity index (χ4n) is 2.57. The Bertz CT molecular complexity index is 651. The Kier molecular flexibility index (Phi) is 5.27. The van der Waals surface area contributed by atoms with Crippen molar-refractivity contribution in [1.82, 2.24) is 10.2 Å². The molecule has 1 aromatic carbocycles. The largest absolute Gasteiger partial charge is 0.390 e. The summed E-state index contributed by atoms with van der Waals surface area (Å²) in [5, 5.41) is 3.52. The third kappa shape index (κ3) is 4.10. The second-order valence-electron chi connectivity index (χ2n) is 5.46. The molecule has 6 heteroatoms. The fraction of sp³-hybridized carbons (Fsp3) is 0.353. The number of carbonyl (C=O) groups is 1. The molecule has 3 N–H and O–H groups in total. The van der Waals surface area contributed by atoms with E-state index in [4.69, 9.17) is 10.5 Å². The molecule has 1 saturated heterocycles. The lowest BCUT2D eigenvalue weighted by Gasteiger charge is -2.26. The van der Waals surface area contributed by atoms with Crippen LogP contribution in [-0.2, 0) is 4.74 Å². The third-order valence-electron chi connectivity index (χ3n) is 3.88. The molecule has 23 heavy (non-hydrogen) atoms. The number of anilines is 1. The van der Waals surface area contributed by atoms with Crippen molar-refractivity contribution in [1.29, 1.82) is 0 Å². The SMILES string of the molecule is Nc1sc(-c2ccccc2)cc1C(=O)NCCN1CCOCC1. The topological polar surface area (TPSA) is 67.6 Å². The molecule has 1 amide bonds. The zero-order valence-electron chi connectivity index (χ0n) is 13.0. The van der Waals surface area contributed by atoms with Gasteiger partial charge < -0.3 is 15.8 Å². The van der Waals surface area contributed by atoms with Crippen LogP contribution in [0.4, 0.5) is 5.00 Å². The molecule has 2 aromatic rings. The van der Waals surface area contributed by atoms with Crippen molar-refractivity contribution in [3.8, 4) is 10.4 Å². The van der Waals surface area contributed by atoms with Crippen LogP contribution in [-0.4, -0.2) is 50.2 Å². The number of ether oxygens (including phenoxy) is 1. The molecule has 122 valence electrons. The van der Waals surface area contributed by atoms with Crippen LogP contribution >= 0.6 is 11.3 Å². The van der Waals surface area contributed by atoms with Gasteiger partial charge in [-0.3, -0.25) is 9.69 Å². The zero-order valence-corrected chi connectivity index (χ0v) is 13.8. The van der Waals surface area contributed by atoms with Gasteiger partial charge in [-0.2, -0.15) is 0 Å². The summed E-state index contributed by atoms with van der Waals surface area (Å²) in [7, 11) is 0. The highest BCUT2D eigenvalue weighted by Crippen LogP contribution is 2.33. The molecule has 0 atom stereocenters. The van der Waals surface area contributed by atoms with Gasteiger partial charge >= 0.3 is 0 Å². The van der Waals surface area contributed by atoms with E-state index in [2.05, 4.69) is 10.2 Å². The van der Waals surface area contributed by atoms with Gasteiger partial charge in [0.15, 0.2) is 0 Å². The molecule has 0 bridgehead atoms. The quantitative estimate of drug-likeness (QED) is 0.880. The first-order chi connectivity index (χ1) is 11.2. The number of nitrogen functional groups attached to an aromatic ring is 1. The van der Waals surface area contributed by atoms with E-state index in [0.29, 0.717) is 17.1 Å². The minimum atomic E-state index is -0.103. The predicted octanol–water partition coefficient (Wildman–Crippen LogP) is 2.06. The highest BCUT2D eigenvalue weighted by molar-refractivity contribution is 7.19. The molecule has 2 heterocycles. The van der Waals surface area contributed by atoms with Gasteiger partial charge in [-0.05, 0) is 11.6 Å². The molecule has 1 aliphatic heterocycles. The summed E-state index contributed by atoms with van der Waals surface area (Å²) < 4.78 is 5.31. The second kappa shape index (κ2) is 7.59. The van der Waals surface area contributed by atoms with Crippen LogP contribution in [0.5, 0.6) is 0 Å². The average molecular weight is 331 g/mol. The van der Waals surface area contributed by atoms with Crippen LogP contribution in [0, 0.1) is 0 Å². The number of hydrogen-bond donors (Lipinski definition) is 2. The van der Waals surface area contributed by atoms with E-state index in [1.165, 1.54) is 11.3 Å². The van der Waals surface area contributed by atoms with Gasteiger partial charge in [0, 0.05) is 31.1 Å². The van der Waals surface area contributed by atoms with Crippen LogP contribution < -0.4 is 11.1 Å². The highest BCUT2D eigenvalue weighted by Gasteiger charge is 2.15. The van der Waals surface area contributed by atoms with Crippen molar-refractivity contribution in [2.75, 3.05) is 45.1 Å². The zero-order chi connectivity index (χ0) is 16.1. The molecule has 0 radical (unpaired) electrons. The standard InChI is InChI=1S/C17H21N3O2S/c18-16-14(12-15(23-16)13-4-2-1-3-5-13)17(21)19-6-7-20-8-10-22-11-9-20/h1-5,12H,6-11,18H2,(H,19,21). The van der Waals surface area contributed by atoms with Crippen LogP contribution in [0.3, 0.4) is 0 Å². The Morgan fingerprint density at radius 2 is 2.00 bits per heavy atom. The molecule has 0 unspecified atom stereocenters. The molecular formula is C17H21N3O2S. The van der Waals surface area contributed by atoms with Crippen LogP contribution in [0.25, 0.3) is 10.4 Å². The van der Waals surface area contributed by atoms with E-state index in [1.807, 2.05) is 36.4 Å². The molecule has 1 aromatic heterocycles. The van der Waals surface area contributed by atoms with E-state index in [0.717, 1.165) is 43.3 Å². The second-order valence-corrected chi connectivity index (χ2v) is 6.55. The maximum Gasteiger partial charge on any atom is 0.254 e. The summed E-state index contributed by atoms with van der Waals surface area (Å²) in [6, 6.07) is 11.8. The van der Waals surface area contributed by atoms with Crippen LogP contribution in [0.15, 0.2) is 36.4 Å². The molecule has 0 aliphatic carbocycles. The minimum absolute atomic E-state index is 0.103. The third-order valence-corrected chi connectivity index (χ3v) is 4.89. The summed E-state index contributed by atoms with van der Waals surface area (Å²) in [6.07, 6.45) is 0. The number of morpholine rings is 1. The van der Waals surface area contributed by atoms with E-state index < -0.39 is 0 Å². The Morgan fingerprint density at radius 3 is 2.74 bits per heavy atom. The van der Waals surface area contributed by atoms with Crippen molar-refractivity contribution >= 4 is 22.2 Å². The molecule has 0 spiro atoms. The molecule has 1 fully saturated rings. The first-order valence-corrected chi connectivity index (χ1v) is 8.59. The summed E-state index contributed by atoms with van der Waals surface area (Å²) in [5.74, 6) is -0.103. The average Bonchev–Trinajstić information content (AvgIpc) is 2.98. The molecule has 0 saturated carbocycles. The van der Waals surface area contributed by atoms with Crippen molar-refractivity contribution in [2.45, 2.75) is 0 Å². The number of amides is 1. The van der Waals surface area contributed by atoms with Crippen molar-refractivity contribution < 1.29 is 9.53 Å². The van der Waals surface area contributed by atoms with E-state index >= 15 is 0 Å². The number of nitrogens with one attached hydrogen (secondary N) is 1. The maximum absolute atomic E-state index is 12.3. The number of thiophene rings is 1. The van der Waals surface area contributed by atoms with Gasteiger partial charge in [-0.1, -0.05) is 30.3 Å². The normalized spacial score (nSPS) is 15.5. The van der Waals surface area contributed by atoms with Gasteiger partial charge in [0.25, 0.3) is 5.91 Å². The maximum atomic E-state index is 12.3. The minimum Gasteiger partial charge on any atom is -0.390 e. The lowest BCUT2D eigenvalue weighted by molar-refractivity contribution is 0.0383. The summed E-state index contributed by atoms with van der Waals surface area (Å²) >= 11 is 1.45. The summed E-state index contributed by atoms with van der Waals surface area (Å²) in [5.41, 5.74) is 7.67. The smallest absolute Gasteiger partial charge is 0.254 e. The molecule has 5 nitrogen and oxygen atoms in total. The van der Waals surface area contributed by atoms with Gasteiger partial charge in [-0.25, -0.2) is 0 Å². The van der Waals surface area contributed by atoms with Crippen LogP contribution in [0.1, 0.15) is 10.4 Å². The lowest BCUT2D eigenvalue weighted by atomic mass is 10.1. The van der Waals surface area contributed by atoms with E-state index in [1.54, 1.807) is 0 Å². The Labute approximate surface area is 140 Å². The Balaban J connectivity index is 1.58. The number of nitrogens with zero attached hydrogens (tertiary/aromatic N) is 1. The highest BCUT2D eigenvalue weighted by atomic mass is 32.1. The fourth-order valence-corrected chi connectivity index (χ4v) is 3.50. The monoisotopic (exact) mass is 331 g/mol. The number of rotatable bonds is 5. The first kappa shape index (κ1) is 16.0. The van der Waals surface area contributed by atoms with Crippen molar-refractivity contribution in [2.24, 2.45) is 0 Å². The van der Waals surface area contributed by atoms with Gasteiger partial charge in [-0.15, -0.1) is 11.3 Å². The Hall–Kier alpha value is -1.89. The van der Waals surface area contributed by atoms with E-state index in [9.17, 15) is 4.79 Å². The first-order valence-electron chi connectivity index (χ1n) is 7.77. The van der Waals surface area contributed by atoms with Gasteiger partial charge in [0.1, 0.15) is 0 Å². The van der Waals surface area contributed by atoms with Crippen molar-refractivity contribution in [3.63, 3.8) is 0 Å². The summed E-state index contributed by atoms with van der Waals surface area (Å²) in [4.78, 5) is 15.6. The predicted molar refractivity (Wildman–Crippen MR) is 93.8 cm³/mol. The Morgan fingerprint density at radius 1 is 1.26 bits per heavy atom. The number of benzene rings is 1. The van der Waals surface area contributed by atoms with Crippen LogP contribution in [0.2, 0.25) is 0 Å². The molecular weight excluding hydrogens is 310 g/mol. The van der Waals surface area contributed by atoms with E-state index in [-0.39, 0.29) is 5.91 Å². The lowest BCUT2D eigenvalue weighted by Crippen LogP contribution is -2.41. The number of nitrogens with two attached hydrogens (primary N) is 1.